The van der Waals surface area contributed by atoms with Gasteiger partial charge in [0.05, 0.1) is 5.71 Å². The Hall–Kier alpha value is -1.55. The molecule has 0 bridgehead atoms. The molecule has 0 heterocycles. The van der Waals surface area contributed by atoms with E-state index < -0.39 is 0 Å². The Labute approximate surface area is 133 Å². The smallest absolute Gasteiger partial charge is 0.125 e. The van der Waals surface area contributed by atoms with Gasteiger partial charge < -0.3 is 10.2 Å². The van der Waals surface area contributed by atoms with Crippen LogP contribution in [-0.4, -0.2) is 29.1 Å². The Morgan fingerprint density at radius 2 is 1.67 bits per heavy atom. The number of phenolic OH excluding ortho intramolecular Hbond substituents is 1. The predicted molar refractivity (Wildman–Crippen MR) is 86.8 cm³/mol. The molecular weight excluding hydrogens is 309 g/mol. The van der Waals surface area contributed by atoms with E-state index in [1.54, 1.807) is 24.3 Å². The van der Waals surface area contributed by atoms with Crippen LogP contribution in [0, 0.1) is 0 Å². The lowest BCUT2D eigenvalue weighted by molar-refractivity contribution is 0.291. The molecule has 3 nitrogen and oxygen atoms in total. The maximum Gasteiger partial charge on any atom is 0.125 e. The molecule has 0 radical (unpaired) electrons. The van der Waals surface area contributed by atoms with Crippen molar-refractivity contribution in [2.45, 2.75) is 6.42 Å². The number of hydrogen-bond acceptors (Lipinski definition) is 3. The summed E-state index contributed by atoms with van der Waals surface area (Å²) in [7, 11) is 0. The number of aliphatic hydroxyl groups is 1. The third kappa shape index (κ3) is 4.21. The molecule has 0 aromatic heterocycles. The van der Waals surface area contributed by atoms with Crippen LogP contribution in [-0.2, 0) is 0 Å². The van der Waals surface area contributed by atoms with E-state index >= 15 is 0 Å². The van der Waals surface area contributed by atoms with Crippen LogP contribution in [0.1, 0.15) is 17.5 Å². The highest BCUT2D eigenvalue weighted by atomic mass is 35.5. The zero-order valence-corrected chi connectivity index (χ0v) is 12.8. The summed E-state index contributed by atoms with van der Waals surface area (Å²) in [6.07, 6.45) is 0.554. The molecule has 2 rings (SSSR count). The molecule has 0 amide bonds. The van der Waals surface area contributed by atoms with Crippen molar-refractivity contribution >= 4 is 28.9 Å². The van der Waals surface area contributed by atoms with Crippen LogP contribution in [0.5, 0.6) is 5.75 Å². The van der Waals surface area contributed by atoms with E-state index in [1.807, 2.05) is 12.1 Å². The SMILES string of the molecule is OCCCN=C(c1ccc(Cl)cc1)c1cc(Cl)ccc1O. The summed E-state index contributed by atoms with van der Waals surface area (Å²) in [4.78, 5) is 4.48. The summed E-state index contributed by atoms with van der Waals surface area (Å²) in [5, 5.41) is 20.1. The van der Waals surface area contributed by atoms with Gasteiger partial charge in [0, 0.05) is 34.3 Å². The Bertz CT molecular complexity index is 639. The molecule has 110 valence electrons. The van der Waals surface area contributed by atoms with Gasteiger partial charge in [0.25, 0.3) is 0 Å². The molecule has 5 heteroatoms. The minimum Gasteiger partial charge on any atom is -0.507 e. The average molecular weight is 324 g/mol. The molecule has 0 atom stereocenters. The lowest BCUT2D eigenvalue weighted by Crippen LogP contribution is -2.05. The molecule has 0 fully saturated rings. The van der Waals surface area contributed by atoms with Gasteiger partial charge in [-0.05, 0) is 36.8 Å². The summed E-state index contributed by atoms with van der Waals surface area (Å²) in [5.74, 6) is 0.108. The second-order valence-corrected chi connectivity index (χ2v) is 5.35. The van der Waals surface area contributed by atoms with Crippen molar-refractivity contribution in [3.8, 4) is 5.75 Å². The van der Waals surface area contributed by atoms with Gasteiger partial charge in [-0.3, -0.25) is 4.99 Å². The molecule has 0 aliphatic heterocycles. The molecule has 0 saturated carbocycles. The lowest BCUT2D eigenvalue weighted by Gasteiger charge is -2.10. The summed E-state index contributed by atoms with van der Waals surface area (Å²) >= 11 is 11.9. The third-order valence-corrected chi connectivity index (χ3v) is 3.40. The molecule has 2 aromatic carbocycles. The average Bonchev–Trinajstić information content (AvgIpc) is 2.48. The molecule has 0 saturated heterocycles. The fourth-order valence-electron chi connectivity index (χ4n) is 1.90. The Kier molecular flexibility index (Phi) is 5.62. The van der Waals surface area contributed by atoms with Crippen molar-refractivity contribution in [3.05, 3.63) is 63.6 Å². The number of aliphatic hydroxyl groups excluding tert-OH is 1. The second-order valence-electron chi connectivity index (χ2n) is 4.48. The van der Waals surface area contributed by atoms with Crippen LogP contribution >= 0.6 is 23.2 Å². The Morgan fingerprint density at radius 3 is 2.33 bits per heavy atom. The number of halogens is 2. The minimum absolute atomic E-state index is 0.0684. The number of phenols is 1. The van der Waals surface area contributed by atoms with Crippen molar-refractivity contribution in [1.82, 2.24) is 0 Å². The molecule has 21 heavy (non-hydrogen) atoms. The zero-order chi connectivity index (χ0) is 15.2. The molecule has 0 unspecified atom stereocenters. The highest BCUT2D eigenvalue weighted by Crippen LogP contribution is 2.25. The normalized spacial score (nSPS) is 11.7. The lowest BCUT2D eigenvalue weighted by atomic mass is 10.0. The molecule has 2 aromatic rings. The number of benzene rings is 2. The van der Waals surface area contributed by atoms with Gasteiger partial charge in [-0.1, -0.05) is 35.3 Å². The van der Waals surface area contributed by atoms with Crippen LogP contribution < -0.4 is 0 Å². The van der Waals surface area contributed by atoms with Crippen LogP contribution in [0.25, 0.3) is 0 Å². The van der Waals surface area contributed by atoms with E-state index in [4.69, 9.17) is 28.3 Å². The second kappa shape index (κ2) is 7.46. The molecule has 0 spiro atoms. The first kappa shape index (κ1) is 15.8. The standard InChI is InChI=1S/C16H15Cl2NO2/c17-12-4-2-11(3-5-12)16(19-8-1-9-20)14-10-13(18)6-7-15(14)21/h2-7,10,20-21H,1,8-9H2. The fourth-order valence-corrected chi connectivity index (χ4v) is 2.20. The predicted octanol–water partition coefficient (Wildman–Crippen LogP) is 3.92. The number of rotatable bonds is 5. The molecule has 0 aliphatic carbocycles. The van der Waals surface area contributed by atoms with Crippen molar-refractivity contribution in [2.75, 3.05) is 13.2 Å². The van der Waals surface area contributed by atoms with Crippen molar-refractivity contribution in [2.24, 2.45) is 4.99 Å². The number of hydrogen-bond donors (Lipinski definition) is 2. The topological polar surface area (TPSA) is 52.8 Å². The van der Waals surface area contributed by atoms with Crippen LogP contribution in [0.2, 0.25) is 10.0 Å². The minimum atomic E-state index is 0.0684. The van der Waals surface area contributed by atoms with Crippen molar-refractivity contribution < 1.29 is 10.2 Å². The Morgan fingerprint density at radius 1 is 1.00 bits per heavy atom. The highest BCUT2D eigenvalue weighted by molar-refractivity contribution is 6.31. The van der Waals surface area contributed by atoms with Crippen LogP contribution in [0.15, 0.2) is 47.5 Å². The van der Waals surface area contributed by atoms with E-state index in [0.29, 0.717) is 34.3 Å². The van der Waals surface area contributed by atoms with Gasteiger partial charge in [-0.2, -0.15) is 0 Å². The van der Waals surface area contributed by atoms with Crippen LogP contribution in [0.4, 0.5) is 0 Å². The number of nitrogens with zero attached hydrogens (tertiary/aromatic N) is 1. The van der Waals surface area contributed by atoms with Gasteiger partial charge in [-0.25, -0.2) is 0 Å². The van der Waals surface area contributed by atoms with Gasteiger partial charge in [-0.15, -0.1) is 0 Å². The summed E-state index contributed by atoms with van der Waals surface area (Å²) in [6.45, 7) is 0.527. The van der Waals surface area contributed by atoms with E-state index in [0.717, 1.165) is 5.56 Å². The fraction of sp³-hybridized carbons (Fsp3) is 0.188. The van der Waals surface area contributed by atoms with E-state index in [2.05, 4.69) is 4.99 Å². The van der Waals surface area contributed by atoms with Crippen LogP contribution in [0.3, 0.4) is 0 Å². The van der Waals surface area contributed by atoms with Gasteiger partial charge in [0.15, 0.2) is 0 Å². The first-order chi connectivity index (χ1) is 10.1. The summed E-state index contributed by atoms with van der Waals surface area (Å²) < 4.78 is 0. The maximum absolute atomic E-state index is 10.1. The molecule has 0 aliphatic rings. The van der Waals surface area contributed by atoms with E-state index in [1.165, 1.54) is 6.07 Å². The molecule has 2 N–H and O–H groups in total. The van der Waals surface area contributed by atoms with Gasteiger partial charge in [0.2, 0.25) is 0 Å². The monoisotopic (exact) mass is 323 g/mol. The third-order valence-electron chi connectivity index (χ3n) is 2.92. The van der Waals surface area contributed by atoms with Gasteiger partial charge in [0.1, 0.15) is 5.75 Å². The van der Waals surface area contributed by atoms with Gasteiger partial charge >= 0.3 is 0 Å². The maximum atomic E-state index is 10.1. The number of aliphatic imine (C=N–C) groups is 1. The molecular formula is C16H15Cl2NO2. The first-order valence-corrected chi connectivity index (χ1v) is 7.27. The Balaban J connectivity index is 2.47. The summed E-state index contributed by atoms with van der Waals surface area (Å²) in [5.41, 5.74) is 2.01. The number of aromatic hydroxyl groups is 1. The summed E-state index contributed by atoms with van der Waals surface area (Å²) in [6, 6.07) is 12.0. The quantitative estimate of drug-likeness (QED) is 0.647. The largest absolute Gasteiger partial charge is 0.507 e. The van der Waals surface area contributed by atoms with E-state index in [9.17, 15) is 5.11 Å². The highest BCUT2D eigenvalue weighted by Gasteiger charge is 2.12. The first-order valence-electron chi connectivity index (χ1n) is 6.52. The van der Waals surface area contributed by atoms with E-state index in [-0.39, 0.29) is 12.4 Å². The zero-order valence-electron chi connectivity index (χ0n) is 11.3. The van der Waals surface area contributed by atoms with Crippen molar-refractivity contribution in [3.63, 3.8) is 0 Å². The van der Waals surface area contributed by atoms with Crippen molar-refractivity contribution in [1.29, 1.82) is 0 Å².